The number of nitrogens with one attached hydrogen (secondary N) is 3. The molecule has 0 bridgehead atoms. The number of aryl methyl sites for hydroxylation is 1. The van der Waals surface area contributed by atoms with Gasteiger partial charge in [-0.05, 0) is 56.5 Å². The molecule has 4 heterocycles. The monoisotopic (exact) mass is 464 g/mol. The highest BCUT2D eigenvalue weighted by Crippen LogP contribution is 2.39. The lowest BCUT2D eigenvalue weighted by atomic mass is 10.1. The average molecular weight is 465 g/mol. The molecule has 1 saturated heterocycles. The summed E-state index contributed by atoms with van der Waals surface area (Å²) in [6.07, 6.45) is 7.22. The molecule has 3 aromatic heterocycles. The van der Waals surface area contributed by atoms with Crippen molar-refractivity contribution in [2.45, 2.75) is 32.2 Å². The molecule has 0 radical (unpaired) electrons. The van der Waals surface area contributed by atoms with Gasteiger partial charge >= 0.3 is 0 Å². The first-order chi connectivity index (χ1) is 15.6. The Morgan fingerprint density at radius 3 is 3.03 bits per heavy atom. The third-order valence-corrected chi connectivity index (χ3v) is 7.49. The number of aromatic nitrogens is 4. The second kappa shape index (κ2) is 9.02. The summed E-state index contributed by atoms with van der Waals surface area (Å²) >= 11 is 7.91. The number of H-pyrrole nitrogens is 1. The maximum Gasteiger partial charge on any atom is 0.143 e. The van der Waals surface area contributed by atoms with E-state index in [1.165, 1.54) is 12.8 Å². The van der Waals surface area contributed by atoms with E-state index < -0.39 is 0 Å². The summed E-state index contributed by atoms with van der Waals surface area (Å²) in [6, 6.07) is 8.49. The molecule has 164 valence electrons. The fourth-order valence-electron chi connectivity index (χ4n) is 4.16. The Morgan fingerprint density at radius 1 is 1.34 bits per heavy atom. The van der Waals surface area contributed by atoms with Crippen molar-refractivity contribution in [3.63, 3.8) is 0 Å². The summed E-state index contributed by atoms with van der Waals surface area (Å²) in [4.78, 5) is 10.3. The summed E-state index contributed by atoms with van der Waals surface area (Å²) in [6.45, 7) is 8.27. The number of halogens is 1. The third kappa shape index (κ3) is 4.03. The predicted octanol–water partition coefficient (Wildman–Crippen LogP) is 5.41. The minimum absolute atomic E-state index is 0.588. The second-order valence-electron chi connectivity index (χ2n) is 8.09. The number of nitrogens with zero attached hydrogens (tertiary/aromatic N) is 3. The van der Waals surface area contributed by atoms with E-state index in [2.05, 4.69) is 38.5 Å². The predicted molar refractivity (Wildman–Crippen MR) is 133 cm³/mol. The molecule has 8 heteroatoms. The van der Waals surface area contributed by atoms with Crippen LogP contribution >= 0.6 is 22.9 Å². The number of pyridine rings is 1. The quantitative estimate of drug-likeness (QED) is 0.340. The highest BCUT2D eigenvalue weighted by atomic mass is 35.5. The molecule has 0 aliphatic carbocycles. The van der Waals surface area contributed by atoms with Crippen molar-refractivity contribution < 1.29 is 0 Å². The fraction of sp³-hybridized carbons (Fsp3) is 0.292. The normalized spacial score (nSPS) is 16.0. The minimum atomic E-state index is 0.588. The molecule has 1 unspecified atom stereocenters. The first-order valence-corrected chi connectivity index (χ1v) is 12.0. The van der Waals surface area contributed by atoms with Crippen LogP contribution in [0.3, 0.4) is 0 Å². The molecule has 5 rings (SSSR count). The van der Waals surface area contributed by atoms with Gasteiger partial charge in [-0.1, -0.05) is 24.2 Å². The van der Waals surface area contributed by atoms with Gasteiger partial charge in [0, 0.05) is 41.0 Å². The number of hydrogen-bond acceptors (Lipinski definition) is 6. The van der Waals surface area contributed by atoms with Gasteiger partial charge in [-0.2, -0.15) is 5.10 Å². The summed E-state index contributed by atoms with van der Waals surface area (Å²) < 4.78 is 0. The van der Waals surface area contributed by atoms with Crippen LogP contribution in [0, 0.1) is 6.92 Å². The molecule has 6 nitrogen and oxygen atoms in total. The van der Waals surface area contributed by atoms with Crippen LogP contribution < -0.4 is 10.6 Å². The number of aromatic amines is 1. The number of hydrogen-bond donors (Lipinski definition) is 3. The molecular formula is C24H25ClN6S. The molecule has 1 fully saturated rings. The van der Waals surface area contributed by atoms with Gasteiger partial charge in [-0.15, -0.1) is 11.3 Å². The van der Waals surface area contributed by atoms with Gasteiger partial charge in [-0.3, -0.25) is 10.1 Å². The van der Waals surface area contributed by atoms with Crippen molar-refractivity contribution >= 4 is 39.5 Å². The smallest absolute Gasteiger partial charge is 0.143 e. The Balaban J connectivity index is 1.49. The number of fused-ring (bicyclic) bond motifs is 1. The van der Waals surface area contributed by atoms with Crippen LogP contribution in [-0.4, -0.2) is 39.3 Å². The van der Waals surface area contributed by atoms with Crippen LogP contribution in [0.2, 0.25) is 5.02 Å². The van der Waals surface area contributed by atoms with Crippen LogP contribution in [0.25, 0.3) is 37.7 Å². The molecule has 3 N–H and O–H groups in total. The first kappa shape index (κ1) is 21.1. The Kier molecular flexibility index (Phi) is 5.95. The molecule has 1 aliphatic rings. The second-order valence-corrected chi connectivity index (χ2v) is 9.50. The standard InChI is InChI=1S/C24H25ClN6S/c1-14-19(25)8-7-18-20(14)30-31-22(18)24-29-21(23(32-24)16-5-3-10-26-13-16)15(2)27-12-9-17-6-4-11-28-17/h3,5,7-8,10,13,17,27-28H,2,4,6,9,11-12H2,1H3,(H,30,31). The van der Waals surface area contributed by atoms with Crippen LogP contribution in [0.5, 0.6) is 0 Å². The summed E-state index contributed by atoms with van der Waals surface area (Å²) in [5.74, 6) is 0. The Bertz CT molecular complexity index is 1260. The number of benzene rings is 1. The van der Waals surface area contributed by atoms with Gasteiger partial charge in [0.15, 0.2) is 0 Å². The number of rotatable bonds is 7. The Hall–Kier alpha value is -2.74. The number of thiazole rings is 1. The zero-order valence-electron chi connectivity index (χ0n) is 17.9. The van der Waals surface area contributed by atoms with Gasteiger partial charge in [0.05, 0.1) is 16.1 Å². The molecule has 0 spiro atoms. The third-order valence-electron chi connectivity index (χ3n) is 5.96. The van der Waals surface area contributed by atoms with Crippen molar-refractivity contribution in [3.05, 3.63) is 59.5 Å². The highest BCUT2D eigenvalue weighted by Gasteiger charge is 2.21. The van der Waals surface area contributed by atoms with Crippen molar-refractivity contribution in [3.8, 4) is 21.1 Å². The SMILES string of the molecule is C=C(NCCC1CCCN1)c1nc(-c2[nH]nc3c(C)c(Cl)ccc23)sc1-c1cccnc1. The van der Waals surface area contributed by atoms with E-state index in [1.54, 1.807) is 17.5 Å². The lowest BCUT2D eigenvalue weighted by Gasteiger charge is -2.13. The average Bonchev–Trinajstić information content (AvgIpc) is 3.56. The summed E-state index contributed by atoms with van der Waals surface area (Å²) in [5, 5.41) is 17.3. The lowest BCUT2D eigenvalue weighted by molar-refractivity contribution is 0.551. The summed E-state index contributed by atoms with van der Waals surface area (Å²) in [7, 11) is 0. The summed E-state index contributed by atoms with van der Waals surface area (Å²) in [5.41, 5.74) is 5.42. The molecule has 1 aliphatic heterocycles. The van der Waals surface area contributed by atoms with E-state index in [4.69, 9.17) is 16.6 Å². The van der Waals surface area contributed by atoms with Crippen LogP contribution in [0.15, 0.2) is 43.2 Å². The van der Waals surface area contributed by atoms with Crippen molar-refractivity contribution in [1.29, 1.82) is 0 Å². The van der Waals surface area contributed by atoms with E-state index in [1.807, 2.05) is 31.3 Å². The largest absolute Gasteiger partial charge is 0.384 e. The van der Waals surface area contributed by atoms with E-state index >= 15 is 0 Å². The Labute approximate surface area is 196 Å². The van der Waals surface area contributed by atoms with Crippen LogP contribution in [-0.2, 0) is 0 Å². The highest BCUT2D eigenvalue weighted by molar-refractivity contribution is 7.18. The topological polar surface area (TPSA) is 78.5 Å². The minimum Gasteiger partial charge on any atom is -0.384 e. The molecule has 32 heavy (non-hydrogen) atoms. The molecular weight excluding hydrogens is 440 g/mol. The van der Waals surface area contributed by atoms with Gasteiger partial charge in [-0.25, -0.2) is 4.98 Å². The Morgan fingerprint density at radius 2 is 2.25 bits per heavy atom. The molecule has 0 amide bonds. The van der Waals surface area contributed by atoms with Gasteiger partial charge in [0.25, 0.3) is 0 Å². The fourth-order valence-corrected chi connectivity index (χ4v) is 5.41. The van der Waals surface area contributed by atoms with Crippen LogP contribution in [0.1, 0.15) is 30.5 Å². The van der Waals surface area contributed by atoms with Crippen molar-refractivity contribution in [1.82, 2.24) is 30.8 Å². The lowest BCUT2D eigenvalue weighted by Crippen LogP contribution is -2.26. The van der Waals surface area contributed by atoms with E-state index in [-0.39, 0.29) is 0 Å². The zero-order valence-corrected chi connectivity index (χ0v) is 19.5. The van der Waals surface area contributed by atoms with E-state index in [0.29, 0.717) is 11.1 Å². The van der Waals surface area contributed by atoms with Crippen molar-refractivity contribution in [2.24, 2.45) is 0 Å². The van der Waals surface area contributed by atoms with E-state index in [0.717, 1.165) is 68.5 Å². The molecule has 1 aromatic carbocycles. The van der Waals surface area contributed by atoms with Crippen LogP contribution in [0.4, 0.5) is 0 Å². The van der Waals surface area contributed by atoms with Gasteiger partial charge < -0.3 is 10.6 Å². The van der Waals surface area contributed by atoms with Gasteiger partial charge in [0.2, 0.25) is 0 Å². The van der Waals surface area contributed by atoms with Gasteiger partial charge in [0.1, 0.15) is 16.4 Å². The molecule has 4 aromatic rings. The maximum atomic E-state index is 6.29. The maximum absolute atomic E-state index is 6.29. The molecule has 1 atom stereocenters. The van der Waals surface area contributed by atoms with Crippen molar-refractivity contribution in [2.75, 3.05) is 13.1 Å². The van der Waals surface area contributed by atoms with E-state index in [9.17, 15) is 0 Å². The molecule has 0 saturated carbocycles. The first-order valence-electron chi connectivity index (χ1n) is 10.8. The zero-order chi connectivity index (χ0) is 22.1.